The Morgan fingerprint density at radius 1 is 1.32 bits per heavy atom. The third-order valence-electron chi connectivity index (χ3n) is 3.09. The zero-order chi connectivity index (χ0) is 14.0. The van der Waals surface area contributed by atoms with E-state index in [1.807, 2.05) is 32.0 Å². The van der Waals surface area contributed by atoms with Gasteiger partial charge in [0.1, 0.15) is 6.04 Å². The van der Waals surface area contributed by atoms with Crippen molar-refractivity contribution < 1.29 is 4.79 Å². The molecule has 1 aromatic carbocycles. The summed E-state index contributed by atoms with van der Waals surface area (Å²) in [5.41, 5.74) is 13.5. The lowest BCUT2D eigenvalue weighted by atomic mass is 10.0. The zero-order valence-electron chi connectivity index (χ0n) is 11.1. The number of nitrogens with one attached hydrogen (secondary N) is 1. The molecule has 1 amide bonds. The summed E-state index contributed by atoms with van der Waals surface area (Å²) in [6.45, 7) is 3.89. The van der Waals surface area contributed by atoms with Crippen molar-refractivity contribution >= 4 is 28.2 Å². The van der Waals surface area contributed by atoms with E-state index in [4.69, 9.17) is 11.5 Å². The SMILES string of the molecule is CC(C)C(Nc1ccnc2c(N)cccc12)C(N)=O. The first-order chi connectivity index (χ1) is 9.00. The first-order valence-electron chi connectivity index (χ1n) is 6.19. The molecule has 0 spiro atoms. The van der Waals surface area contributed by atoms with Gasteiger partial charge in [-0.25, -0.2) is 0 Å². The van der Waals surface area contributed by atoms with Crippen LogP contribution >= 0.6 is 0 Å². The van der Waals surface area contributed by atoms with E-state index < -0.39 is 6.04 Å². The lowest BCUT2D eigenvalue weighted by Gasteiger charge is -2.21. The summed E-state index contributed by atoms with van der Waals surface area (Å²) >= 11 is 0. The molecule has 2 rings (SSSR count). The number of nitrogens with two attached hydrogens (primary N) is 2. The van der Waals surface area contributed by atoms with Crippen molar-refractivity contribution in [3.05, 3.63) is 30.5 Å². The largest absolute Gasteiger partial charge is 0.397 e. The van der Waals surface area contributed by atoms with Gasteiger partial charge in [0.15, 0.2) is 0 Å². The Balaban J connectivity index is 2.46. The Bertz CT molecular complexity index is 609. The zero-order valence-corrected chi connectivity index (χ0v) is 11.1. The van der Waals surface area contributed by atoms with Gasteiger partial charge in [-0.2, -0.15) is 0 Å². The Morgan fingerprint density at radius 2 is 2.05 bits per heavy atom. The molecular weight excluding hydrogens is 240 g/mol. The minimum absolute atomic E-state index is 0.0989. The van der Waals surface area contributed by atoms with E-state index in [9.17, 15) is 4.79 Å². The molecule has 1 aromatic heterocycles. The van der Waals surface area contributed by atoms with Gasteiger partial charge in [-0.1, -0.05) is 26.0 Å². The van der Waals surface area contributed by atoms with Crippen molar-refractivity contribution in [3.8, 4) is 0 Å². The van der Waals surface area contributed by atoms with E-state index in [1.165, 1.54) is 0 Å². The number of primary amides is 1. The molecule has 19 heavy (non-hydrogen) atoms. The second-order valence-corrected chi connectivity index (χ2v) is 4.87. The number of anilines is 2. The molecule has 0 bridgehead atoms. The van der Waals surface area contributed by atoms with Gasteiger partial charge in [0.25, 0.3) is 0 Å². The highest BCUT2D eigenvalue weighted by Gasteiger charge is 2.20. The highest BCUT2D eigenvalue weighted by Crippen LogP contribution is 2.26. The molecule has 0 saturated heterocycles. The van der Waals surface area contributed by atoms with Crippen LogP contribution in [0.25, 0.3) is 10.9 Å². The van der Waals surface area contributed by atoms with Crippen molar-refractivity contribution in [3.63, 3.8) is 0 Å². The standard InChI is InChI=1S/C14H18N4O/c1-8(2)12(14(16)19)18-11-6-7-17-13-9(11)4-3-5-10(13)15/h3-8,12H,15H2,1-2H3,(H2,16,19)(H,17,18). The second-order valence-electron chi connectivity index (χ2n) is 4.87. The third-order valence-corrected chi connectivity index (χ3v) is 3.09. The summed E-state index contributed by atoms with van der Waals surface area (Å²) in [4.78, 5) is 15.7. The maximum Gasteiger partial charge on any atom is 0.240 e. The molecule has 5 nitrogen and oxygen atoms in total. The average Bonchev–Trinajstić information content (AvgIpc) is 2.36. The molecule has 5 N–H and O–H groups in total. The number of aromatic nitrogens is 1. The van der Waals surface area contributed by atoms with Gasteiger partial charge in [0, 0.05) is 17.3 Å². The molecule has 1 heterocycles. The minimum atomic E-state index is -0.424. The fourth-order valence-corrected chi connectivity index (χ4v) is 2.06. The molecule has 2 aromatic rings. The third kappa shape index (κ3) is 2.59. The van der Waals surface area contributed by atoms with Gasteiger partial charge < -0.3 is 16.8 Å². The Kier molecular flexibility index (Phi) is 3.55. The maximum atomic E-state index is 11.5. The molecule has 100 valence electrons. The monoisotopic (exact) mass is 258 g/mol. The number of hydrogen-bond donors (Lipinski definition) is 3. The normalized spacial score (nSPS) is 12.6. The number of nitrogen functional groups attached to an aromatic ring is 1. The van der Waals surface area contributed by atoms with Gasteiger partial charge in [-0.15, -0.1) is 0 Å². The number of nitrogens with zero attached hydrogens (tertiary/aromatic N) is 1. The Hall–Kier alpha value is -2.30. The summed E-state index contributed by atoms with van der Waals surface area (Å²) in [5, 5.41) is 4.06. The van der Waals surface area contributed by atoms with E-state index in [-0.39, 0.29) is 11.8 Å². The van der Waals surface area contributed by atoms with Gasteiger partial charge in [0.05, 0.1) is 11.2 Å². The highest BCUT2D eigenvalue weighted by molar-refractivity contribution is 5.98. The summed E-state index contributed by atoms with van der Waals surface area (Å²) in [6, 6.07) is 6.97. The van der Waals surface area contributed by atoms with Gasteiger partial charge in [-0.3, -0.25) is 9.78 Å². The first-order valence-corrected chi connectivity index (χ1v) is 6.19. The predicted molar refractivity (Wildman–Crippen MR) is 77.6 cm³/mol. The van der Waals surface area contributed by atoms with Crippen LogP contribution in [0, 0.1) is 5.92 Å². The number of para-hydroxylation sites is 1. The summed E-state index contributed by atoms with van der Waals surface area (Å²) in [7, 11) is 0. The smallest absolute Gasteiger partial charge is 0.240 e. The van der Waals surface area contributed by atoms with Crippen LogP contribution in [0.15, 0.2) is 30.5 Å². The van der Waals surface area contributed by atoms with E-state index in [0.717, 1.165) is 16.6 Å². The molecule has 0 radical (unpaired) electrons. The molecule has 0 aliphatic rings. The van der Waals surface area contributed by atoms with Gasteiger partial charge >= 0.3 is 0 Å². The van der Waals surface area contributed by atoms with Crippen LogP contribution in [0.3, 0.4) is 0 Å². The fourth-order valence-electron chi connectivity index (χ4n) is 2.06. The number of fused-ring (bicyclic) bond motifs is 1. The number of amides is 1. The van der Waals surface area contributed by atoms with Crippen LogP contribution in [0.2, 0.25) is 0 Å². The van der Waals surface area contributed by atoms with Crippen LogP contribution in [0.5, 0.6) is 0 Å². The lowest BCUT2D eigenvalue weighted by molar-refractivity contribution is -0.119. The molecule has 0 saturated carbocycles. The van der Waals surface area contributed by atoms with Gasteiger partial charge in [0.2, 0.25) is 5.91 Å². The molecule has 0 aliphatic carbocycles. The van der Waals surface area contributed by atoms with E-state index in [2.05, 4.69) is 10.3 Å². The predicted octanol–water partition coefficient (Wildman–Crippen LogP) is 1.74. The fraction of sp³-hybridized carbons (Fsp3) is 0.286. The van der Waals surface area contributed by atoms with Gasteiger partial charge in [-0.05, 0) is 18.1 Å². The van der Waals surface area contributed by atoms with Crippen molar-refractivity contribution in [2.75, 3.05) is 11.1 Å². The van der Waals surface area contributed by atoms with Crippen LogP contribution in [-0.4, -0.2) is 16.9 Å². The second kappa shape index (κ2) is 5.14. The molecular formula is C14H18N4O. The summed E-state index contributed by atoms with van der Waals surface area (Å²) in [6.07, 6.45) is 1.67. The summed E-state index contributed by atoms with van der Waals surface area (Å²) < 4.78 is 0. The average molecular weight is 258 g/mol. The van der Waals surface area contributed by atoms with Crippen LogP contribution in [0.1, 0.15) is 13.8 Å². The highest BCUT2D eigenvalue weighted by atomic mass is 16.1. The van der Waals surface area contributed by atoms with Crippen molar-refractivity contribution in [2.24, 2.45) is 11.7 Å². The lowest BCUT2D eigenvalue weighted by Crippen LogP contribution is -2.39. The van der Waals surface area contributed by atoms with E-state index in [0.29, 0.717) is 5.69 Å². The van der Waals surface area contributed by atoms with E-state index >= 15 is 0 Å². The molecule has 0 aliphatic heterocycles. The Morgan fingerprint density at radius 3 is 2.68 bits per heavy atom. The molecule has 5 heteroatoms. The number of pyridine rings is 1. The minimum Gasteiger partial charge on any atom is -0.397 e. The number of rotatable bonds is 4. The maximum absolute atomic E-state index is 11.5. The number of benzene rings is 1. The Labute approximate surface area is 112 Å². The topological polar surface area (TPSA) is 94.0 Å². The van der Waals surface area contributed by atoms with Crippen molar-refractivity contribution in [2.45, 2.75) is 19.9 Å². The first kappa shape index (κ1) is 13.1. The molecule has 0 fully saturated rings. The number of carbonyl (C=O) groups excluding carboxylic acids is 1. The van der Waals surface area contributed by atoms with E-state index in [1.54, 1.807) is 12.3 Å². The van der Waals surface area contributed by atoms with Crippen molar-refractivity contribution in [1.29, 1.82) is 0 Å². The molecule has 1 unspecified atom stereocenters. The molecule has 1 atom stereocenters. The van der Waals surface area contributed by atoms with Crippen LogP contribution in [0.4, 0.5) is 11.4 Å². The summed E-state index contributed by atoms with van der Waals surface area (Å²) in [5.74, 6) is -0.273. The quantitative estimate of drug-likeness (QED) is 0.728. The van der Waals surface area contributed by atoms with Crippen molar-refractivity contribution in [1.82, 2.24) is 4.98 Å². The number of carbonyl (C=O) groups is 1. The van der Waals surface area contributed by atoms with Crippen LogP contribution < -0.4 is 16.8 Å². The number of hydrogen-bond acceptors (Lipinski definition) is 4. The van der Waals surface area contributed by atoms with Crippen LogP contribution in [-0.2, 0) is 4.79 Å².